The largest absolute Gasteiger partial charge is 0.489 e. The van der Waals surface area contributed by atoms with Gasteiger partial charge < -0.3 is 9.30 Å². The molecule has 0 saturated carbocycles. The molecule has 0 radical (unpaired) electrons. The molecule has 176 valence electrons. The molecule has 4 aromatic rings. The van der Waals surface area contributed by atoms with E-state index in [0.29, 0.717) is 29.1 Å². The second-order valence-corrected chi connectivity index (χ2v) is 8.19. The van der Waals surface area contributed by atoms with Crippen LogP contribution in [0.4, 0.5) is 5.69 Å². The Kier molecular flexibility index (Phi) is 6.95. The topological polar surface area (TPSA) is 105 Å². The number of ether oxygens (including phenoxy) is 1. The maximum absolute atomic E-state index is 11.1. The number of hydrogen-bond donors (Lipinski definition) is 0. The van der Waals surface area contributed by atoms with Gasteiger partial charge in [0.05, 0.1) is 28.2 Å². The van der Waals surface area contributed by atoms with Crippen molar-refractivity contribution in [2.24, 2.45) is 0 Å². The molecule has 0 N–H and O–H groups in total. The Labute approximate surface area is 208 Å². The monoisotopic (exact) mass is 474 g/mol. The Hall–Kier alpha value is -5.14. The Morgan fingerprint density at radius 3 is 2.47 bits per heavy atom. The molecule has 0 aliphatic heterocycles. The molecule has 0 aliphatic carbocycles. The fourth-order valence-corrected chi connectivity index (χ4v) is 4.06. The molecule has 0 bridgehead atoms. The van der Waals surface area contributed by atoms with Gasteiger partial charge in [-0.05, 0) is 67.4 Å². The first-order valence-electron chi connectivity index (χ1n) is 11.2. The lowest BCUT2D eigenvalue weighted by Gasteiger charge is -2.12. The fourth-order valence-electron chi connectivity index (χ4n) is 4.06. The lowest BCUT2D eigenvalue weighted by atomic mass is 10.0. The molecular formula is C29H22N4O3. The Bertz CT molecular complexity index is 1550. The second kappa shape index (κ2) is 10.4. The van der Waals surface area contributed by atoms with E-state index in [1.807, 2.05) is 62.4 Å². The number of nitro groups is 1. The molecule has 1 aromatic heterocycles. The number of benzene rings is 3. The smallest absolute Gasteiger partial charge is 0.270 e. The molecule has 0 fully saturated rings. The van der Waals surface area contributed by atoms with Gasteiger partial charge in [0.15, 0.2) is 0 Å². The molecule has 0 aliphatic rings. The fraction of sp³-hybridized carbons (Fsp3) is 0.103. The van der Waals surface area contributed by atoms with Gasteiger partial charge in [0.1, 0.15) is 12.4 Å². The quantitative estimate of drug-likeness (QED) is 0.172. The predicted octanol–water partition coefficient (Wildman–Crippen LogP) is 6.52. The van der Waals surface area contributed by atoms with Crippen molar-refractivity contribution in [3.63, 3.8) is 0 Å². The highest BCUT2D eigenvalue weighted by molar-refractivity contribution is 5.90. The van der Waals surface area contributed by atoms with Gasteiger partial charge in [0, 0.05) is 34.8 Å². The Morgan fingerprint density at radius 2 is 1.78 bits per heavy atom. The van der Waals surface area contributed by atoms with Gasteiger partial charge in [-0.15, -0.1) is 0 Å². The third-order valence-corrected chi connectivity index (χ3v) is 5.89. The third kappa shape index (κ3) is 5.01. The first kappa shape index (κ1) is 24.0. The van der Waals surface area contributed by atoms with Crippen LogP contribution in [0.2, 0.25) is 0 Å². The van der Waals surface area contributed by atoms with E-state index in [1.165, 1.54) is 12.1 Å². The molecule has 0 amide bonds. The number of allylic oxidation sites excluding steroid dienone is 1. The van der Waals surface area contributed by atoms with Crippen LogP contribution in [0, 0.1) is 46.6 Å². The highest BCUT2D eigenvalue weighted by Crippen LogP contribution is 2.27. The number of aryl methyl sites for hydroxylation is 1. The molecule has 36 heavy (non-hydrogen) atoms. The number of non-ortho nitro benzene ring substituents is 1. The van der Waals surface area contributed by atoms with E-state index in [4.69, 9.17) is 4.74 Å². The minimum absolute atomic E-state index is 0.0578. The van der Waals surface area contributed by atoms with Gasteiger partial charge >= 0.3 is 0 Å². The van der Waals surface area contributed by atoms with E-state index in [2.05, 4.69) is 16.7 Å². The van der Waals surface area contributed by atoms with Crippen molar-refractivity contribution < 1.29 is 9.66 Å². The number of nitrogens with zero attached hydrogens (tertiary/aromatic N) is 4. The standard InChI is InChI=1S/C29H22N4O3/c1-20-14-25(15-26(18-31)22-8-5-9-28(16-22)33(34)35)21(2)32(20)27-10-12-29(13-11-27)36-19-24-7-4-3-6-23(24)17-30/h3-16H,19H2,1-2H3/b26-15-. The second-order valence-electron chi connectivity index (χ2n) is 8.19. The van der Waals surface area contributed by atoms with E-state index < -0.39 is 4.92 Å². The van der Waals surface area contributed by atoms with Gasteiger partial charge in [-0.1, -0.05) is 30.3 Å². The van der Waals surface area contributed by atoms with Crippen LogP contribution < -0.4 is 4.74 Å². The summed E-state index contributed by atoms with van der Waals surface area (Å²) in [5.74, 6) is 0.687. The van der Waals surface area contributed by atoms with Crippen molar-refractivity contribution in [1.29, 1.82) is 10.5 Å². The van der Waals surface area contributed by atoms with Crippen LogP contribution in [-0.2, 0) is 6.61 Å². The van der Waals surface area contributed by atoms with Crippen LogP contribution in [0.1, 0.15) is 33.6 Å². The molecule has 0 spiro atoms. The predicted molar refractivity (Wildman–Crippen MR) is 137 cm³/mol. The molecule has 0 saturated heterocycles. The SMILES string of the molecule is Cc1cc(/C=C(/C#N)c2cccc([N+](=O)[O-])c2)c(C)n1-c1ccc(OCc2ccccc2C#N)cc1. The van der Waals surface area contributed by atoms with Crippen molar-refractivity contribution in [2.75, 3.05) is 0 Å². The van der Waals surface area contributed by atoms with Gasteiger partial charge in [-0.25, -0.2) is 0 Å². The average molecular weight is 475 g/mol. The number of aromatic nitrogens is 1. The summed E-state index contributed by atoms with van der Waals surface area (Å²) in [5.41, 5.74) is 5.90. The minimum Gasteiger partial charge on any atom is -0.489 e. The number of nitriles is 2. The molecule has 1 heterocycles. The van der Waals surface area contributed by atoms with E-state index in [1.54, 1.807) is 24.3 Å². The lowest BCUT2D eigenvalue weighted by Crippen LogP contribution is -2.01. The van der Waals surface area contributed by atoms with Crippen molar-refractivity contribution >= 4 is 17.3 Å². The van der Waals surface area contributed by atoms with Crippen LogP contribution in [0.5, 0.6) is 5.75 Å². The maximum atomic E-state index is 11.1. The number of rotatable bonds is 7. The van der Waals surface area contributed by atoms with E-state index in [9.17, 15) is 20.6 Å². The highest BCUT2D eigenvalue weighted by Gasteiger charge is 2.13. The summed E-state index contributed by atoms with van der Waals surface area (Å²) in [6, 6.07) is 27.4. The van der Waals surface area contributed by atoms with Crippen molar-refractivity contribution in [2.45, 2.75) is 20.5 Å². The number of nitro benzene ring substituents is 1. The Balaban J connectivity index is 1.58. The van der Waals surface area contributed by atoms with Crippen LogP contribution in [-0.4, -0.2) is 9.49 Å². The van der Waals surface area contributed by atoms with Gasteiger partial charge in [-0.2, -0.15) is 10.5 Å². The minimum atomic E-state index is -0.472. The first-order valence-corrected chi connectivity index (χ1v) is 11.2. The molecule has 3 aromatic carbocycles. The van der Waals surface area contributed by atoms with Crippen LogP contribution in [0.25, 0.3) is 17.3 Å². The van der Waals surface area contributed by atoms with Gasteiger partial charge in [0.25, 0.3) is 5.69 Å². The van der Waals surface area contributed by atoms with Gasteiger partial charge in [-0.3, -0.25) is 10.1 Å². The lowest BCUT2D eigenvalue weighted by molar-refractivity contribution is -0.384. The highest BCUT2D eigenvalue weighted by atomic mass is 16.6. The normalized spacial score (nSPS) is 10.9. The first-order chi connectivity index (χ1) is 17.4. The van der Waals surface area contributed by atoms with Crippen molar-refractivity contribution in [3.8, 4) is 23.6 Å². The Morgan fingerprint density at radius 1 is 1.03 bits per heavy atom. The zero-order valence-electron chi connectivity index (χ0n) is 19.8. The van der Waals surface area contributed by atoms with Crippen molar-refractivity contribution in [3.05, 3.63) is 123 Å². The summed E-state index contributed by atoms with van der Waals surface area (Å²) in [7, 11) is 0. The van der Waals surface area contributed by atoms with Crippen molar-refractivity contribution in [1.82, 2.24) is 4.57 Å². The van der Waals surface area contributed by atoms with E-state index in [0.717, 1.165) is 28.2 Å². The zero-order chi connectivity index (χ0) is 25.7. The number of hydrogen-bond acceptors (Lipinski definition) is 5. The zero-order valence-corrected chi connectivity index (χ0v) is 19.8. The summed E-state index contributed by atoms with van der Waals surface area (Å²) < 4.78 is 7.95. The maximum Gasteiger partial charge on any atom is 0.270 e. The van der Waals surface area contributed by atoms with Crippen LogP contribution in [0.3, 0.4) is 0 Å². The van der Waals surface area contributed by atoms with E-state index >= 15 is 0 Å². The van der Waals surface area contributed by atoms with Crippen LogP contribution >= 0.6 is 0 Å². The summed E-state index contributed by atoms with van der Waals surface area (Å²) in [6.45, 7) is 4.24. The van der Waals surface area contributed by atoms with Gasteiger partial charge in [0.2, 0.25) is 0 Å². The molecule has 4 rings (SSSR count). The summed E-state index contributed by atoms with van der Waals surface area (Å²) in [5, 5.41) is 30.1. The summed E-state index contributed by atoms with van der Waals surface area (Å²) in [6.07, 6.45) is 1.75. The molecule has 0 atom stereocenters. The summed E-state index contributed by atoms with van der Waals surface area (Å²) >= 11 is 0. The average Bonchev–Trinajstić information content (AvgIpc) is 3.18. The molecular weight excluding hydrogens is 452 g/mol. The molecule has 0 unspecified atom stereocenters. The summed E-state index contributed by atoms with van der Waals surface area (Å²) in [4.78, 5) is 10.7. The third-order valence-electron chi connectivity index (χ3n) is 5.89. The van der Waals surface area contributed by atoms with Crippen LogP contribution in [0.15, 0.2) is 78.9 Å². The molecule has 7 heteroatoms. The van der Waals surface area contributed by atoms with E-state index in [-0.39, 0.29) is 5.69 Å². The molecule has 7 nitrogen and oxygen atoms in total.